The van der Waals surface area contributed by atoms with E-state index in [1.165, 1.54) is 5.56 Å². The fourth-order valence-electron chi connectivity index (χ4n) is 3.64. The highest BCUT2D eigenvalue weighted by Crippen LogP contribution is 2.18. The summed E-state index contributed by atoms with van der Waals surface area (Å²) in [7, 11) is -1.50. The fourth-order valence-corrected chi connectivity index (χ4v) is 4.65. The summed E-state index contributed by atoms with van der Waals surface area (Å²) in [6, 6.07) is 19.7. The lowest BCUT2D eigenvalue weighted by Crippen LogP contribution is -2.26. The average molecular weight is 442 g/mol. The Morgan fingerprint density at radius 1 is 1.06 bits per heavy atom. The van der Waals surface area contributed by atoms with Crippen LogP contribution in [-0.4, -0.2) is 47.3 Å². The van der Waals surface area contributed by atoms with E-state index in [1.807, 2.05) is 65.0 Å². The number of sulfone groups is 1. The molecular formula is C24H31N3O3S. The van der Waals surface area contributed by atoms with Crippen molar-refractivity contribution in [3.05, 3.63) is 83.7 Å². The molecule has 0 aliphatic rings. The molecule has 0 unspecified atom stereocenters. The number of nitrogens with zero attached hydrogens (tertiary/aromatic N) is 3. The Hall–Kier alpha value is -2.48. The van der Waals surface area contributed by atoms with Gasteiger partial charge in [0.1, 0.15) is 0 Å². The van der Waals surface area contributed by atoms with Gasteiger partial charge in [0.25, 0.3) is 0 Å². The van der Waals surface area contributed by atoms with Crippen LogP contribution in [-0.2, 0) is 29.3 Å². The summed E-state index contributed by atoms with van der Waals surface area (Å²) in [6.07, 6.45) is 2.72. The summed E-state index contributed by atoms with van der Waals surface area (Å²) < 4.78 is 27.0. The molecule has 7 heteroatoms. The van der Waals surface area contributed by atoms with E-state index in [0.29, 0.717) is 19.6 Å². The van der Waals surface area contributed by atoms with Gasteiger partial charge in [0, 0.05) is 19.6 Å². The van der Waals surface area contributed by atoms with Gasteiger partial charge in [0.15, 0.2) is 0 Å². The minimum absolute atomic E-state index is 0.0186. The lowest BCUT2D eigenvalue weighted by Gasteiger charge is -2.22. The van der Waals surface area contributed by atoms with Crippen molar-refractivity contribution in [1.82, 2.24) is 14.5 Å². The average Bonchev–Trinajstić information content (AvgIpc) is 3.18. The first-order valence-electron chi connectivity index (χ1n) is 10.6. The second-order valence-corrected chi connectivity index (χ2v) is 9.97. The molecule has 0 bridgehead atoms. The fraction of sp³-hybridized carbons (Fsp3) is 0.375. The first-order chi connectivity index (χ1) is 14.9. The highest BCUT2D eigenvalue weighted by atomic mass is 32.2. The van der Waals surface area contributed by atoms with Crippen molar-refractivity contribution in [1.29, 1.82) is 0 Å². The standard InChI is InChI=1S/C24H31N3O3S/c1-3-31(29,30)24-25-17-22(27(24)16-10-13-20-11-6-4-7-12-20)18-26(2)19-23(28)21-14-8-5-9-15-21/h4-9,11-12,14-15,17,23,28H,3,10,13,16,18-19H2,1-2H3/t23-/m0/s1. The molecule has 166 valence electrons. The van der Waals surface area contributed by atoms with Gasteiger partial charge < -0.3 is 9.67 Å². The zero-order chi connectivity index (χ0) is 22.3. The Morgan fingerprint density at radius 2 is 1.71 bits per heavy atom. The number of hydrogen-bond acceptors (Lipinski definition) is 5. The quantitative estimate of drug-likeness (QED) is 0.493. The van der Waals surface area contributed by atoms with E-state index in [2.05, 4.69) is 17.1 Å². The van der Waals surface area contributed by atoms with Gasteiger partial charge in [-0.15, -0.1) is 0 Å². The lowest BCUT2D eigenvalue weighted by atomic mass is 10.1. The van der Waals surface area contributed by atoms with E-state index in [4.69, 9.17) is 0 Å². The minimum atomic E-state index is -3.42. The Labute approximate surface area is 185 Å². The molecule has 0 fully saturated rings. The van der Waals surface area contributed by atoms with E-state index in [-0.39, 0.29) is 10.9 Å². The summed E-state index contributed by atoms with van der Waals surface area (Å²) in [5, 5.41) is 10.7. The highest BCUT2D eigenvalue weighted by Gasteiger charge is 2.22. The maximum absolute atomic E-state index is 12.6. The minimum Gasteiger partial charge on any atom is -0.387 e. The highest BCUT2D eigenvalue weighted by molar-refractivity contribution is 7.91. The van der Waals surface area contributed by atoms with Crippen LogP contribution in [0.25, 0.3) is 0 Å². The maximum Gasteiger partial charge on any atom is 0.227 e. The van der Waals surface area contributed by atoms with Crippen LogP contribution in [0.3, 0.4) is 0 Å². The van der Waals surface area contributed by atoms with Crippen LogP contribution in [0.15, 0.2) is 72.0 Å². The van der Waals surface area contributed by atoms with Crippen LogP contribution < -0.4 is 0 Å². The predicted molar refractivity (Wildman–Crippen MR) is 122 cm³/mol. The summed E-state index contributed by atoms with van der Waals surface area (Å²) in [6.45, 7) is 3.16. The number of likely N-dealkylation sites (N-methyl/N-ethyl adjacent to an activating group) is 1. The van der Waals surface area contributed by atoms with Crippen LogP contribution >= 0.6 is 0 Å². The van der Waals surface area contributed by atoms with E-state index in [9.17, 15) is 13.5 Å². The molecule has 3 rings (SSSR count). The largest absolute Gasteiger partial charge is 0.387 e. The van der Waals surface area contributed by atoms with Gasteiger partial charge in [0.05, 0.1) is 23.7 Å². The SMILES string of the molecule is CCS(=O)(=O)c1ncc(CN(C)C[C@H](O)c2ccccc2)n1CCCc1ccccc1. The van der Waals surface area contributed by atoms with Crippen molar-refractivity contribution in [3.63, 3.8) is 0 Å². The topological polar surface area (TPSA) is 75.4 Å². The molecule has 1 aromatic heterocycles. The number of benzene rings is 2. The van der Waals surface area contributed by atoms with Gasteiger partial charge in [-0.25, -0.2) is 13.4 Å². The molecule has 3 aromatic rings. The van der Waals surface area contributed by atoms with Crippen LogP contribution in [0.2, 0.25) is 0 Å². The number of aromatic nitrogens is 2. The molecule has 0 saturated heterocycles. The van der Waals surface area contributed by atoms with Crippen molar-refractivity contribution >= 4 is 9.84 Å². The van der Waals surface area contributed by atoms with Crippen LogP contribution in [0.4, 0.5) is 0 Å². The van der Waals surface area contributed by atoms with E-state index < -0.39 is 15.9 Å². The van der Waals surface area contributed by atoms with Crippen LogP contribution in [0, 0.1) is 0 Å². The normalized spacial score (nSPS) is 12.9. The summed E-state index contributed by atoms with van der Waals surface area (Å²) in [5.74, 6) is 0.0186. The van der Waals surface area contributed by atoms with Gasteiger partial charge in [-0.2, -0.15) is 0 Å². The molecule has 1 N–H and O–H groups in total. The van der Waals surface area contributed by atoms with Crippen molar-refractivity contribution in [2.24, 2.45) is 0 Å². The zero-order valence-electron chi connectivity index (χ0n) is 18.2. The number of rotatable bonds is 11. The molecule has 1 atom stereocenters. The summed E-state index contributed by atoms with van der Waals surface area (Å²) >= 11 is 0. The molecule has 6 nitrogen and oxygen atoms in total. The second kappa shape index (κ2) is 10.7. The summed E-state index contributed by atoms with van der Waals surface area (Å²) in [4.78, 5) is 6.25. The maximum atomic E-state index is 12.6. The van der Waals surface area contributed by atoms with E-state index in [1.54, 1.807) is 13.1 Å². The van der Waals surface area contributed by atoms with Crippen LogP contribution in [0.1, 0.15) is 36.3 Å². The van der Waals surface area contributed by atoms with Gasteiger partial charge in [0.2, 0.25) is 15.0 Å². The molecule has 1 heterocycles. The van der Waals surface area contributed by atoms with Gasteiger partial charge >= 0.3 is 0 Å². The molecule has 0 aliphatic heterocycles. The first kappa shape index (κ1) is 23.2. The third-order valence-corrected chi connectivity index (χ3v) is 6.99. The number of aliphatic hydroxyl groups is 1. The number of hydrogen-bond donors (Lipinski definition) is 1. The molecule has 31 heavy (non-hydrogen) atoms. The van der Waals surface area contributed by atoms with Crippen molar-refractivity contribution in [2.75, 3.05) is 19.3 Å². The van der Waals surface area contributed by atoms with Crippen molar-refractivity contribution in [2.45, 2.75) is 44.1 Å². The smallest absolute Gasteiger partial charge is 0.227 e. The predicted octanol–water partition coefficient (Wildman–Crippen LogP) is 3.47. The molecule has 0 saturated carbocycles. The zero-order valence-corrected chi connectivity index (χ0v) is 19.0. The molecule has 0 aliphatic carbocycles. The first-order valence-corrected chi connectivity index (χ1v) is 12.3. The molecule has 2 aromatic carbocycles. The Morgan fingerprint density at radius 3 is 2.35 bits per heavy atom. The van der Waals surface area contributed by atoms with Gasteiger partial charge in [-0.1, -0.05) is 67.6 Å². The number of imidazole rings is 1. The van der Waals surface area contributed by atoms with E-state index in [0.717, 1.165) is 24.1 Å². The Balaban J connectivity index is 1.72. The van der Waals surface area contributed by atoms with Crippen LogP contribution in [0.5, 0.6) is 0 Å². The number of aliphatic hydroxyl groups excluding tert-OH is 1. The van der Waals surface area contributed by atoms with Crippen molar-refractivity contribution in [3.8, 4) is 0 Å². The Kier molecular flexibility index (Phi) is 8.01. The molecular weight excluding hydrogens is 410 g/mol. The molecule has 0 radical (unpaired) electrons. The third kappa shape index (κ3) is 6.26. The lowest BCUT2D eigenvalue weighted by molar-refractivity contribution is 0.122. The molecule has 0 amide bonds. The monoisotopic (exact) mass is 441 g/mol. The number of aryl methyl sites for hydroxylation is 1. The summed E-state index contributed by atoms with van der Waals surface area (Å²) in [5.41, 5.74) is 2.93. The third-order valence-electron chi connectivity index (χ3n) is 5.35. The Bertz CT molecular complexity index is 1050. The van der Waals surface area contributed by atoms with Crippen molar-refractivity contribution < 1.29 is 13.5 Å². The van der Waals surface area contributed by atoms with Gasteiger partial charge in [-0.05, 0) is 31.0 Å². The van der Waals surface area contributed by atoms with E-state index >= 15 is 0 Å². The second-order valence-electron chi connectivity index (χ2n) is 7.80. The van der Waals surface area contributed by atoms with Gasteiger partial charge in [-0.3, -0.25) is 4.90 Å². The molecule has 0 spiro atoms.